The van der Waals surface area contributed by atoms with Gasteiger partial charge in [0.15, 0.2) is 0 Å². The van der Waals surface area contributed by atoms with Crippen LogP contribution in [0.2, 0.25) is 5.02 Å². The molecule has 0 saturated carbocycles. The molecule has 2 aromatic rings. The van der Waals surface area contributed by atoms with E-state index in [2.05, 4.69) is 12.2 Å². The third-order valence-corrected chi connectivity index (χ3v) is 3.92. The van der Waals surface area contributed by atoms with E-state index in [1.807, 2.05) is 36.4 Å². The summed E-state index contributed by atoms with van der Waals surface area (Å²) in [5, 5.41) is 4.10. The van der Waals surface area contributed by atoms with Crippen LogP contribution in [0.25, 0.3) is 0 Å². The van der Waals surface area contributed by atoms with E-state index in [1.165, 1.54) is 4.90 Å². The van der Waals surface area contributed by atoms with Gasteiger partial charge >= 0.3 is 0 Å². The van der Waals surface area contributed by atoms with Crippen LogP contribution in [0.15, 0.2) is 45.7 Å². The van der Waals surface area contributed by atoms with Crippen LogP contribution in [-0.2, 0) is 12.3 Å². The van der Waals surface area contributed by atoms with Crippen LogP contribution in [0.1, 0.15) is 24.9 Å². The van der Waals surface area contributed by atoms with E-state index in [0.717, 1.165) is 41.8 Å². The molecule has 1 N–H and O–H groups in total. The molecule has 0 bridgehead atoms. The van der Waals surface area contributed by atoms with Gasteiger partial charge in [-0.2, -0.15) is 0 Å². The van der Waals surface area contributed by atoms with Crippen molar-refractivity contribution in [2.75, 3.05) is 6.54 Å². The Morgan fingerprint density at radius 3 is 2.58 bits per heavy atom. The Balaban J connectivity index is 1.81. The van der Waals surface area contributed by atoms with Crippen molar-refractivity contribution in [3.8, 4) is 0 Å². The summed E-state index contributed by atoms with van der Waals surface area (Å²) in [5.74, 6) is 2.85. The van der Waals surface area contributed by atoms with Crippen LogP contribution in [0.4, 0.5) is 0 Å². The highest BCUT2D eigenvalue weighted by Crippen LogP contribution is 2.25. The number of furan rings is 1. The Morgan fingerprint density at radius 2 is 1.84 bits per heavy atom. The van der Waals surface area contributed by atoms with Crippen molar-refractivity contribution in [1.82, 2.24) is 5.32 Å². The Bertz CT molecular complexity index is 495. The van der Waals surface area contributed by atoms with Gasteiger partial charge in [0.05, 0.1) is 12.3 Å². The summed E-state index contributed by atoms with van der Waals surface area (Å²) in [5.41, 5.74) is 0. The first-order chi connectivity index (χ1) is 9.28. The largest absolute Gasteiger partial charge is 0.464 e. The van der Waals surface area contributed by atoms with Gasteiger partial charge in [0.1, 0.15) is 11.5 Å². The van der Waals surface area contributed by atoms with Crippen LogP contribution in [0, 0.1) is 0 Å². The Morgan fingerprint density at radius 1 is 1.11 bits per heavy atom. The molecule has 0 amide bonds. The molecule has 0 saturated heterocycles. The quantitative estimate of drug-likeness (QED) is 0.591. The minimum absolute atomic E-state index is 0.770. The number of nitrogens with one attached hydrogen (secondary N) is 1. The molecule has 0 atom stereocenters. The maximum atomic E-state index is 5.86. The Kier molecular flexibility index (Phi) is 5.83. The summed E-state index contributed by atoms with van der Waals surface area (Å²) < 4.78 is 5.77. The van der Waals surface area contributed by atoms with E-state index in [-0.39, 0.29) is 0 Å². The third kappa shape index (κ3) is 4.94. The SMILES string of the molecule is CCCNCc1ccc(CSc2ccc(Cl)cc2)o1. The average Bonchev–Trinajstić information content (AvgIpc) is 2.86. The van der Waals surface area contributed by atoms with Gasteiger partial charge in [-0.25, -0.2) is 0 Å². The molecule has 0 fully saturated rings. The maximum absolute atomic E-state index is 5.86. The highest BCUT2D eigenvalue weighted by Gasteiger charge is 2.03. The molecule has 2 rings (SSSR count). The second-order valence-corrected chi connectivity index (χ2v) is 5.77. The molecule has 0 radical (unpaired) electrons. The van der Waals surface area contributed by atoms with E-state index < -0.39 is 0 Å². The summed E-state index contributed by atoms with van der Waals surface area (Å²) >= 11 is 7.61. The Labute approximate surface area is 123 Å². The molecule has 4 heteroatoms. The lowest BCUT2D eigenvalue weighted by Crippen LogP contribution is -2.12. The van der Waals surface area contributed by atoms with Crippen molar-refractivity contribution in [1.29, 1.82) is 0 Å². The van der Waals surface area contributed by atoms with Crippen LogP contribution in [0.5, 0.6) is 0 Å². The van der Waals surface area contributed by atoms with E-state index in [4.69, 9.17) is 16.0 Å². The molecular weight excluding hydrogens is 278 g/mol. The molecule has 2 nitrogen and oxygen atoms in total. The predicted octanol–water partition coefficient (Wildman–Crippen LogP) is 4.72. The van der Waals surface area contributed by atoms with Crippen molar-refractivity contribution in [2.24, 2.45) is 0 Å². The van der Waals surface area contributed by atoms with Gasteiger partial charge in [-0.15, -0.1) is 11.8 Å². The molecule has 19 heavy (non-hydrogen) atoms. The zero-order chi connectivity index (χ0) is 13.5. The molecular formula is C15H18ClNOS. The fraction of sp³-hybridized carbons (Fsp3) is 0.333. The van der Waals surface area contributed by atoms with Crippen molar-refractivity contribution >= 4 is 23.4 Å². The second kappa shape index (κ2) is 7.63. The Hall–Kier alpha value is -0.900. The van der Waals surface area contributed by atoms with Gasteiger partial charge in [-0.1, -0.05) is 18.5 Å². The van der Waals surface area contributed by atoms with E-state index >= 15 is 0 Å². The van der Waals surface area contributed by atoms with Crippen molar-refractivity contribution in [3.63, 3.8) is 0 Å². The van der Waals surface area contributed by atoms with Gasteiger partial charge in [0.2, 0.25) is 0 Å². The van der Waals surface area contributed by atoms with Gasteiger partial charge in [-0.05, 0) is 49.4 Å². The molecule has 0 aliphatic heterocycles. The molecule has 1 aromatic carbocycles. The van der Waals surface area contributed by atoms with Crippen molar-refractivity contribution < 1.29 is 4.42 Å². The fourth-order valence-electron chi connectivity index (χ4n) is 1.67. The third-order valence-electron chi connectivity index (χ3n) is 2.64. The fourth-order valence-corrected chi connectivity index (χ4v) is 2.59. The zero-order valence-corrected chi connectivity index (χ0v) is 12.6. The number of rotatable bonds is 7. The lowest BCUT2D eigenvalue weighted by molar-refractivity contribution is 0.459. The number of halogens is 1. The standard InChI is InChI=1S/C15H18ClNOS/c1-2-9-17-10-13-5-6-14(18-13)11-19-15-7-3-12(16)4-8-15/h3-8,17H,2,9-11H2,1H3. The van der Waals surface area contributed by atoms with Crippen molar-refractivity contribution in [2.45, 2.75) is 30.5 Å². The molecule has 0 unspecified atom stereocenters. The van der Waals surface area contributed by atoms with Gasteiger partial charge in [-0.3, -0.25) is 0 Å². The molecule has 1 heterocycles. The zero-order valence-electron chi connectivity index (χ0n) is 11.0. The van der Waals surface area contributed by atoms with Crippen LogP contribution < -0.4 is 5.32 Å². The van der Waals surface area contributed by atoms with Crippen LogP contribution in [0.3, 0.4) is 0 Å². The first-order valence-corrected chi connectivity index (χ1v) is 7.81. The molecule has 0 aliphatic carbocycles. The number of benzene rings is 1. The summed E-state index contributed by atoms with van der Waals surface area (Å²) in [6.45, 7) is 3.98. The lowest BCUT2D eigenvalue weighted by atomic mass is 10.4. The average molecular weight is 296 g/mol. The van der Waals surface area contributed by atoms with Gasteiger partial charge in [0, 0.05) is 9.92 Å². The minimum atomic E-state index is 0.770. The predicted molar refractivity (Wildman–Crippen MR) is 81.7 cm³/mol. The van der Waals surface area contributed by atoms with Gasteiger partial charge in [0.25, 0.3) is 0 Å². The monoisotopic (exact) mass is 295 g/mol. The molecule has 0 spiro atoms. The molecule has 1 aromatic heterocycles. The van der Waals surface area contributed by atoms with Crippen LogP contribution in [-0.4, -0.2) is 6.54 Å². The lowest BCUT2D eigenvalue weighted by Gasteiger charge is -2.01. The molecule has 102 valence electrons. The maximum Gasteiger partial charge on any atom is 0.118 e. The van der Waals surface area contributed by atoms with Crippen molar-refractivity contribution in [3.05, 3.63) is 52.9 Å². The topological polar surface area (TPSA) is 25.2 Å². The van der Waals surface area contributed by atoms with Gasteiger partial charge < -0.3 is 9.73 Å². The first-order valence-electron chi connectivity index (χ1n) is 6.44. The summed E-state index contributed by atoms with van der Waals surface area (Å²) in [4.78, 5) is 1.20. The molecule has 0 aliphatic rings. The van der Waals surface area contributed by atoms with E-state index in [0.29, 0.717) is 0 Å². The second-order valence-electron chi connectivity index (χ2n) is 4.29. The summed E-state index contributed by atoms with van der Waals surface area (Å²) in [6, 6.07) is 12.0. The normalized spacial score (nSPS) is 10.8. The number of thioether (sulfide) groups is 1. The van der Waals surface area contributed by atoms with E-state index in [9.17, 15) is 0 Å². The first kappa shape index (κ1) is 14.5. The summed E-state index contributed by atoms with van der Waals surface area (Å²) in [7, 11) is 0. The highest BCUT2D eigenvalue weighted by atomic mass is 35.5. The summed E-state index contributed by atoms with van der Waals surface area (Å²) in [6.07, 6.45) is 1.14. The number of hydrogen-bond acceptors (Lipinski definition) is 3. The highest BCUT2D eigenvalue weighted by molar-refractivity contribution is 7.98. The minimum Gasteiger partial charge on any atom is -0.464 e. The van der Waals surface area contributed by atoms with Crippen LogP contribution >= 0.6 is 23.4 Å². The smallest absolute Gasteiger partial charge is 0.118 e. The van der Waals surface area contributed by atoms with E-state index in [1.54, 1.807) is 11.8 Å². The number of hydrogen-bond donors (Lipinski definition) is 1.